The lowest BCUT2D eigenvalue weighted by Crippen LogP contribution is -2.46. The second-order valence-electron chi connectivity index (χ2n) is 8.99. The van der Waals surface area contributed by atoms with E-state index in [-0.39, 0.29) is 0 Å². The molecule has 0 saturated heterocycles. The van der Waals surface area contributed by atoms with Crippen molar-refractivity contribution in [3.8, 4) is 11.5 Å². The lowest BCUT2D eigenvalue weighted by atomic mass is 9.96. The Kier molecular flexibility index (Phi) is 5.54. The molecule has 5 rings (SSSR count). The van der Waals surface area contributed by atoms with Gasteiger partial charge in [0, 0.05) is 29.1 Å². The zero-order valence-electron chi connectivity index (χ0n) is 18.8. The summed E-state index contributed by atoms with van der Waals surface area (Å²) in [6.45, 7) is 3.55. The number of quaternary nitrogens is 1. The molecule has 4 aromatic rings. The van der Waals surface area contributed by atoms with Crippen molar-refractivity contribution in [2.75, 3.05) is 20.7 Å². The van der Waals surface area contributed by atoms with Crippen molar-refractivity contribution >= 4 is 10.9 Å². The maximum absolute atomic E-state index is 6.17. The van der Waals surface area contributed by atoms with Crippen LogP contribution in [0.3, 0.4) is 0 Å². The molecule has 0 spiro atoms. The molecule has 1 aliphatic heterocycles. The molecule has 0 amide bonds. The van der Waals surface area contributed by atoms with Gasteiger partial charge in [-0.3, -0.25) is 4.98 Å². The fourth-order valence-electron chi connectivity index (χ4n) is 4.69. The van der Waals surface area contributed by atoms with E-state index in [0.717, 1.165) is 53.1 Å². The average Bonchev–Trinajstić information content (AvgIpc) is 2.82. The first-order chi connectivity index (χ1) is 15.6. The second-order valence-corrected chi connectivity index (χ2v) is 8.99. The molecule has 4 nitrogen and oxygen atoms in total. The van der Waals surface area contributed by atoms with Crippen LogP contribution in [0, 0.1) is 0 Å². The summed E-state index contributed by atoms with van der Waals surface area (Å²) >= 11 is 0. The van der Waals surface area contributed by atoms with Gasteiger partial charge < -0.3 is 14.0 Å². The average molecular weight is 426 g/mol. The molecule has 1 atom stereocenters. The lowest BCUT2D eigenvalue weighted by Gasteiger charge is -2.39. The molecule has 2 heterocycles. The summed E-state index contributed by atoms with van der Waals surface area (Å²) in [6, 6.07) is 25.2. The van der Waals surface area contributed by atoms with Gasteiger partial charge in [0.15, 0.2) is 11.5 Å². The van der Waals surface area contributed by atoms with Gasteiger partial charge in [0.25, 0.3) is 0 Å². The van der Waals surface area contributed by atoms with Gasteiger partial charge in [0.2, 0.25) is 0 Å². The summed E-state index contributed by atoms with van der Waals surface area (Å²) < 4.78 is 12.8. The summed E-state index contributed by atoms with van der Waals surface area (Å²) in [5.74, 6) is 1.63. The monoisotopic (exact) mass is 425 g/mol. The molecule has 0 N–H and O–H groups in total. The van der Waals surface area contributed by atoms with E-state index < -0.39 is 0 Å². The van der Waals surface area contributed by atoms with Crippen LogP contribution in [0.1, 0.15) is 22.3 Å². The first-order valence-electron chi connectivity index (χ1n) is 11.2. The summed E-state index contributed by atoms with van der Waals surface area (Å²) in [4.78, 5) is 4.67. The maximum atomic E-state index is 6.17. The Morgan fingerprint density at radius 2 is 1.66 bits per heavy atom. The normalized spacial score (nSPS) is 17.7. The van der Waals surface area contributed by atoms with Crippen LogP contribution >= 0.6 is 0 Å². The van der Waals surface area contributed by atoms with Crippen molar-refractivity contribution in [2.45, 2.75) is 26.1 Å². The number of hydrogen-bond donors (Lipinski definition) is 0. The van der Waals surface area contributed by atoms with Gasteiger partial charge in [-0.05, 0) is 35.4 Å². The number of pyridine rings is 1. The molecule has 1 unspecified atom stereocenters. The molecular formula is C28H29N2O2+. The summed E-state index contributed by atoms with van der Waals surface area (Å²) in [5, 5.41) is 1.20. The minimum atomic E-state index is 0.533. The molecule has 0 radical (unpaired) electrons. The number of rotatable bonds is 6. The first-order valence-corrected chi connectivity index (χ1v) is 11.2. The molecule has 0 aliphatic carbocycles. The number of para-hydroxylation sites is 1. The predicted molar refractivity (Wildman–Crippen MR) is 128 cm³/mol. The highest BCUT2D eigenvalue weighted by molar-refractivity contribution is 5.78. The van der Waals surface area contributed by atoms with Crippen molar-refractivity contribution in [3.05, 3.63) is 101 Å². The van der Waals surface area contributed by atoms with Crippen molar-refractivity contribution in [2.24, 2.45) is 0 Å². The number of fused-ring (bicyclic) bond motifs is 2. The Bertz CT molecular complexity index is 1240. The van der Waals surface area contributed by atoms with E-state index in [4.69, 9.17) is 9.47 Å². The van der Waals surface area contributed by atoms with Crippen molar-refractivity contribution in [3.63, 3.8) is 0 Å². The molecule has 1 aromatic heterocycles. The summed E-state index contributed by atoms with van der Waals surface area (Å²) in [7, 11) is 4.06. The second kappa shape index (κ2) is 8.64. The van der Waals surface area contributed by atoms with E-state index in [1.807, 2.05) is 30.5 Å². The Morgan fingerprint density at radius 3 is 2.50 bits per heavy atom. The number of hydrogen-bond acceptors (Lipinski definition) is 3. The number of methoxy groups -OCH3 is 1. The van der Waals surface area contributed by atoms with Crippen molar-refractivity contribution < 1.29 is 14.0 Å². The standard InChI is InChI=1S/C28H29N2O2/c1-30(18-22-14-24-10-6-7-11-26(24)29-17-22)13-12-23-15-27(31-2)28(16-25(23)19-30)32-20-21-8-4-3-5-9-21/h3-11,14-17H,12-13,18-20H2,1-2H3/q+1. The van der Waals surface area contributed by atoms with Crippen LogP contribution in [0.15, 0.2) is 79.0 Å². The van der Waals surface area contributed by atoms with Gasteiger partial charge in [0.05, 0.1) is 26.2 Å². The van der Waals surface area contributed by atoms with Gasteiger partial charge in [0.1, 0.15) is 19.7 Å². The largest absolute Gasteiger partial charge is 0.493 e. The fraction of sp³-hybridized carbons (Fsp3) is 0.250. The summed E-state index contributed by atoms with van der Waals surface area (Å²) in [5.41, 5.74) is 6.19. The molecular weight excluding hydrogens is 396 g/mol. The van der Waals surface area contributed by atoms with Gasteiger partial charge in [-0.2, -0.15) is 0 Å². The van der Waals surface area contributed by atoms with E-state index in [2.05, 4.69) is 60.6 Å². The number of benzene rings is 3. The van der Waals surface area contributed by atoms with Gasteiger partial charge in [-0.15, -0.1) is 0 Å². The van der Waals surface area contributed by atoms with Crippen LogP contribution in [0.5, 0.6) is 11.5 Å². The van der Waals surface area contributed by atoms with Gasteiger partial charge in [-0.1, -0.05) is 48.5 Å². The molecule has 4 heteroatoms. The number of ether oxygens (including phenoxy) is 2. The molecule has 162 valence electrons. The van der Waals surface area contributed by atoms with E-state index in [1.54, 1.807) is 7.11 Å². The third kappa shape index (κ3) is 4.32. The van der Waals surface area contributed by atoms with E-state index in [0.29, 0.717) is 6.61 Å². The smallest absolute Gasteiger partial charge is 0.162 e. The van der Waals surface area contributed by atoms with Crippen LogP contribution < -0.4 is 9.47 Å². The van der Waals surface area contributed by atoms with Crippen LogP contribution in [0.2, 0.25) is 0 Å². The Labute approximate surface area is 189 Å². The Balaban J connectivity index is 1.37. The minimum absolute atomic E-state index is 0.533. The third-order valence-corrected chi connectivity index (χ3v) is 6.41. The lowest BCUT2D eigenvalue weighted by molar-refractivity contribution is -0.937. The molecule has 1 aliphatic rings. The predicted octanol–water partition coefficient (Wildman–Crippen LogP) is 5.53. The van der Waals surface area contributed by atoms with E-state index in [1.165, 1.54) is 22.1 Å². The van der Waals surface area contributed by atoms with Gasteiger partial charge in [-0.25, -0.2) is 0 Å². The Hall–Kier alpha value is -3.37. The fourth-order valence-corrected chi connectivity index (χ4v) is 4.69. The molecule has 0 saturated carbocycles. The van der Waals surface area contributed by atoms with E-state index in [9.17, 15) is 0 Å². The number of nitrogens with zero attached hydrogens (tertiary/aromatic N) is 2. The van der Waals surface area contributed by atoms with Crippen molar-refractivity contribution in [1.82, 2.24) is 4.98 Å². The van der Waals surface area contributed by atoms with E-state index >= 15 is 0 Å². The maximum Gasteiger partial charge on any atom is 0.162 e. The van der Waals surface area contributed by atoms with Gasteiger partial charge >= 0.3 is 0 Å². The molecule has 3 aromatic carbocycles. The van der Waals surface area contributed by atoms with Crippen LogP contribution in [-0.2, 0) is 26.1 Å². The SMILES string of the molecule is COc1cc2c(cc1OCc1ccccc1)C[N+](C)(Cc1cnc3ccccc3c1)CC2. The van der Waals surface area contributed by atoms with Crippen LogP contribution in [0.25, 0.3) is 10.9 Å². The summed E-state index contributed by atoms with van der Waals surface area (Å²) in [6.07, 6.45) is 3.06. The van der Waals surface area contributed by atoms with Crippen LogP contribution in [0.4, 0.5) is 0 Å². The minimum Gasteiger partial charge on any atom is -0.493 e. The molecule has 0 fully saturated rings. The highest BCUT2D eigenvalue weighted by Crippen LogP contribution is 2.36. The quantitative estimate of drug-likeness (QED) is 0.381. The highest BCUT2D eigenvalue weighted by atomic mass is 16.5. The first kappa shape index (κ1) is 20.5. The topological polar surface area (TPSA) is 31.4 Å². The zero-order chi connectivity index (χ0) is 22.0. The number of aromatic nitrogens is 1. The van der Waals surface area contributed by atoms with Crippen molar-refractivity contribution in [1.29, 1.82) is 0 Å². The van der Waals surface area contributed by atoms with Crippen LogP contribution in [-0.4, -0.2) is 30.2 Å². The molecule has 32 heavy (non-hydrogen) atoms. The Morgan fingerprint density at radius 1 is 0.875 bits per heavy atom. The third-order valence-electron chi connectivity index (χ3n) is 6.41. The zero-order valence-corrected chi connectivity index (χ0v) is 18.8. The molecule has 0 bridgehead atoms. The number of likely N-dealkylation sites (N-methyl/N-ethyl adjacent to an activating group) is 1. The highest BCUT2D eigenvalue weighted by Gasteiger charge is 2.30.